The van der Waals surface area contributed by atoms with E-state index in [4.69, 9.17) is 16.3 Å². The summed E-state index contributed by atoms with van der Waals surface area (Å²) in [5.41, 5.74) is 1.26. The number of hydrogen-bond donors (Lipinski definition) is 1. The highest BCUT2D eigenvalue weighted by atomic mass is 35.5. The summed E-state index contributed by atoms with van der Waals surface area (Å²) in [5.74, 6) is 0.436. The van der Waals surface area contributed by atoms with Crippen LogP contribution in [0.2, 0.25) is 5.02 Å². The molecule has 132 valence electrons. The van der Waals surface area contributed by atoms with E-state index in [1.807, 2.05) is 38.1 Å². The normalized spacial score (nSPS) is 15.1. The lowest BCUT2D eigenvalue weighted by Crippen LogP contribution is -2.36. The number of morpholine rings is 1. The van der Waals surface area contributed by atoms with E-state index in [2.05, 4.69) is 15.2 Å². The smallest absolute Gasteiger partial charge is 0.235 e. The predicted octanol–water partition coefficient (Wildman–Crippen LogP) is 3.49. The minimum atomic E-state index is -0.685. The van der Waals surface area contributed by atoms with Gasteiger partial charge in [0.2, 0.25) is 5.91 Å². The van der Waals surface area contributed by atoms with Gasteiger partial charge in [-0.25, -0.2) is 4.98 Å². The van der Waals surface area contributed by atoms with Crippen LogP contribution in [-0.2, 0) is 14.9 Å². The largest absolute Gasteiger partial charge is 0.378 e. The zero-order valence-corrected chi connectivity index (χ0v) is 15.2. The lowest BCUT2D eigenvalue weighted by atomic mass is 9.84. The van der Waals surface area contributed by atoms with Gasteiger partial charge in [0.15, 0.2) is 0 Å². The van der Waals surface area contributed by atoms with Gasteiger partial charge in [0.25, 0.3) is 0 Å². The molecule has 0 aliphatic carbocycles. The third-order valence-corrected chi connectivity index (χ3v) is 4.75. The Bertz CT molecular complexity index is 723. The Morgan fingerprint density at radius 3 is 2.44 bits per heavy atom. The molecule has 25 heavy (non-hydrogen) atoms. The van der Waals surface area contributed by atoms with E-state index in [1.165, 1.54) is 0 Å². The summed E-state index contributed by atoms with van der Waals surface area (Å²) in [6.07, 6.45) is 1.79. The Morgan fingerprint density at radius 2 is 1.84 bits per heavy atom. The van der Waals surface area contributed by atoms with Crippen LogP contribution in [0, 0.1) is 0 Å². The van der Waals surface area contributed by atoms with E-state index in [1.54, 1.807) is 18.3 Å². The summed E-state index contributed by atoms with van der Waals surface area (Å²) in [6.45, 7) is 6.94. The van der Waals surface area contributed by atoms with Crippen molar-refractivity contribution in [2.75, 3.05) is 36.5 Å². The van der Waals surface area contributed by atoms with Crippen molar-refractivity contribution in [1.29, 1.82) is 0 Å². The van der Waals surface area contributed by atoms with E-state index in [0.29, 0.717) is 10.8 Å². The summed E-state index contributed by atoms with van der Waals surface area (Å²) < 4.78 is 5.36. The molecule has 1 fully saturated rings. The number of pyridine rings is 1. The highest BCUT2D eigenvalue weighted by Gasteiger charge is 2.30. The van der Waals surface area contributed by atoms with Crippen LogP contribution in [0.15, 0.2) is 42.6 Å². The van der Waals surface area contributed by atoms with Crippen molar-refractivity contribution in [2.24, 2.45) is 0 Å². The van der Waals surface area contributed by atoms with Crippen molar-refractivity contribution in [2.45, 2.75) is 19.3 Å². The number of nitrogens with zero attached hydrogens (tertiary/aromatic N) is 2. The molecule has 1 N–H and O–H groups in total. The average molecular weight is 360 g/mol. The SMILES string of the molecule is CC(C)(C(=O)Nc1ccc(N2CCOCC2)cn1)c1ccc(Cl)cc1. The van der Waals surface area contributed by atoms with E-state index < -0.39 is 5.41 Å². The first kappa shape index (κ1) is 17.7. The number of anilines is 2. The molecule has 0 saturated carbocycles. The fourth-order valence-corrected chi connectivity index (χ4v) is 2.86. The molecule has 1 aromatic carbocycles. The van der Waals surface area contributed by atoms with Gasteiger partial charge in [-0.05, 0) is 43.7 Å². The van der Waals surface area contributed by atoms with Gasteiger partial charge < -0.3 is 15.0 Å². The van der Waals surface area contributed by atoms with Crippen molar-refractivity contribution in [1.82, 2.24) is 4.98 Å². The van der Waals surface area contributed by atoms with Gasteiger partial charge in [0.1, 0.15) is 5.82 Å². The fraction of sp³-hybridized carbons (Fsp3) is 0.368. The maximum Gasteiger partial charge on any atom is 0.235 e. The van der Waals surface area contributed by atoms with Crippen LogP contribution < -0.4 is 10.2 Å². The molecule has 0 unspecified atom stereocenters. The molecule has 1 amide bonds. The third-order valence-electron chi connectivity index (χ3n) is 4.50. The van der Waals surface area contributed by atoms with Crippen LogP contribution in [-0.4, -0.2) is 37.2 Å². The molecule has 6 heteroatoms. The molecule has 1 aliphatic heterocycles. The molecule has 1 aromatic heterocycles. The number of benzene rings is 1. The Kier molecular flexibility index (Phi) is 5.25. The Morgan fingerprint density at radius 1 is 1.16 bits per heavy atom. The molecule has 1 aliphatic rings. The van der Waals surface area contributed by atoms with Crippen LogP contribution in [0.25, 0.3) is 0 Å². The summed E-state index contributed by atoms with van der Waals surface area (Å²) in [7, 11) is 0. The molecule has 3 rings (SSSR count). The molecule has 2 aromatic rings. The Hall–Kier alpha value is -2.11. The summed E-state index contributed by atoms with van der Waals surface area (Å²) >= 11 is 5.93. The predicted molar refractivity (Wildman–Crippen MR) is 100 cm³/mol. The molecule has 0 spiro atoms. The molecule has 2 heterocycles. The van der Waals surface area contributed by atoms with Crippen molar-refractivity contribution in [3.05, 3.63) is 53.2 Å². The number of carbonyl (C=O) groups is 1. The van der Waals surface area contributed by atoms with Crippen LogP contribution >= 0.6 is 11.6 Å². The number of aromatic nitrogens is 1. The van der Waals surface area contributed by atoms with Crippen molar-refractivity contribution >= 4 is 29.0 Å². The zero-order valence-electron chi connectivity index (χ0n) is 14.5. The quantitative estimate of drug-likeness (QED) is 0.907. The van der Waals surface area contributed by atoms with Crippen molar-refractivity contribution < 1.29 is 9.53 Å². The van der Waals surface area contributed by atoms with Gasteiger partial charge in [-0.2, -0.15) is 0 Å². The number of carbonyl (C=O) groups excluding carboxylic acids is 1. The lowest BCUT2D eigenvalue weighted by Gasteiger charge is -2.28. The third kappa shape index (κ3) is 4.11. The first-order chi connectivity index (χ1) is 12.0. The maximum atomic E-state index is 12.7. The second kappa shape index (κ2) is 7.42. The molecular formula is C19H22ClN3O2. The van der Waals surface area contributed by atoms with Gasteiger partial charge in [0.05, 0.1) is 30.5 Å². The highest BCUT2D eigenvalue weighted by molar-refractivity contribution is 6.30. The van der Waals surface area contributed by atoms with Crippen LogP contribution in [0.4, 0.5) is 11.5 Å². The summed E-state index contributed by atoms with van der Waals surface area (Å²) in [6, 6.07) is 11.1. The molecule has 0 bridgehead atoms. The molecular weight excluding hydrogens is 338 g/mol. The number of halogens is 1. The number of ether oxygens (including phenoxy) is 1. The first-order valence-electron chi connectivity index (χ1n) is 8.33. The van der Waals surface area contributed by atoms with E-state index in [9.17, 15) is 4.79 Å². The van der Waals surface area contributed by atoms with Crippen molar-refractivity contribution in [3.63, 3.8) is 0 Å². The minimum absolute atomic E-state index is 0.110. The van der Waals surface area contributed by atoms with Gasteiger partial charge >= 0.3 is 0 Å². The number of nitrogens with one attached hydrogen (secondary N) is 1. The van der Waals surface area contributed by atoms with Gasteiger partial charge in [-0.1, -0.05) is 23.7 Å². The van der Waals surface area contributed by atoms with Gasteiger partial charge in [-0.15, -0.1) is 0 Å². The Balaban J connectivity index is 1.68. The molecule has 1 saturated heterocycles. The lowest BCUT2D eigenvalue weighted by molar-refractivity contribution is -0.120. The molecule has 0 radical (unpaired) electrons. The number of hydrogen-bond acceptors (Lipinski definition) is 4. The molecule has 0 atom stereocenters. The second-order valence-corrected chi connectivity index (χ2v) is 7.02. The highest BCUT2D eigenvalue weighted by Crippen LogP contribution is 2.26. The standard InChI is InChI=1S/C19H22ClN3O2/c1-19(2,14-3-5-15(20)6-4-14)18(24)22-17-8-7-16(13-21-17)23-9-11-25-12-10-23/h3-8,13H,9-12H2,1-2H3,(H,21,22,24). The van der Waals surface area contributed by atoms with Crippen molar-refractivity contribution in [3.8, 4) is 0 Å². The topological polar surface area (TPSA) is 54.5 Å². The number of amides is 1. The Labute approximate surface area is 153 Å². The van der Waals surface area contributed by atoms with E-state index in [-0.39, 0.29) is 5.91 Å². The van der Waals surface area contributed by atoms with E-state index in [0.717, 1.165) is 37.6 Å². The average Bonchev–Trinajstić information content (AvgIpc) is 2.63. The van der Waals surface area contributed by atoms with Crippen LogP contribution in [0.5, 0.6) is 0 Å². The summed E-state index contributed by atoms with van der Waals surface area (Å²) in [4.78, 5) is 19.3. The van der Waals surface area contributed by atoms with Gasteiger partial charge in [-0.3, -0.25) is 4.79 Å². The van der Waals surface area contributed by atoms with E-state index >= 15 is 0 Å². The maximum absolute atomic E-state index is 12.7. The monoisotopic (exact) mass is 359 g/mol. The van der Waals surface area contributed by atoms with Crippen LogP contribution in [0.1, 0.15) is 19.4 Å². The summed E-state index contributed by atoms with van der Waals surface area (Å²) in [5, 5.41) is 3.55. The zero-order chi connectivity index (χ0) is 17.9. The van der Waals surface area contributed by atoms with Crippen LogP contribution in [0.3, 0.4) is 0 Å². The molecule has 5 nitrogen and oxygen atoms in total. The van der Waals surface area contributed by atoms with Gasteiger partial charge in [0, 0.05) is 18.1 Å². The number of rotatable bonds is 4. The first-order valence-corrected chi connectivity index (χ1v) is 8.71. The second-order valence-electron chi connectivity index (χ2n) is 6.59. The minimum Gasteiger partial charge on any atom is -0.378 e. The fourth-order valence-electron chi connectivity index (χ4n) is 2.74.